The summed E-state index contributed by atoms with van der Waals surface area (Å²) in [5.74, 6) is 0.575. The number of amides is 2. The summed E-state index contributed by atoms with van der Waals surface area (Å²) < 4.78 is 5.56. The van der Waals surface area contributed by atoms with Crippen LogP contribution in [0.2, 0.25) is 0 Å². The number of nitrogens with one attached hydrogen (secondary N) is 1. The van der Waals surface area contributed by atoms with Crippen molar-refractivity contribution in [3.05, 3.63) is 52.7 Å². The quantitative estimate of drug-likeness (QED) is 0.368. The van der Waals surface area contributed by atoms with Gasteiger partial charge in [0.05, 0.1) is 29.7 Å². The minimum absolute atomic E-state index is 0.0118. The van der Waals surface area contributed by atoms with Crippen molar-refractivity contribution in [3.8, 4) is 5.75 Å². The lowest BCUT2D eigenvalue weighted by atomic mass is 10.0. The molecule has 0 aliphatic carbocycles. The Labute approximate surface area is 191 Å². The third-order valence-electron chi connectivity index (χ3n) is 5.91. The molecular weight excluding hydrogens is 426 g/mol. The zero-order valence-corrected chi connectivity index (χ0v) is 18.5. The molecule has 1 aromatic heterocycles. The van der Waals surface area contributed by atoms with Gasteiger partial charge in [0.1, 0.15) is 5.75 Å². The van der Waals surface area contributed by atoms with E-state index >= 15 is 0 Å². The molecule has 2 fully saturated rings. The number of piperidine rings is 1. The van der Waals surface area contributed by atoms with Gasteiger partial charge in [-0.05, 0) is 49.6 Å². The lowest BCUT2D eigenvalue weighted by molar-refractivity contribution is -0.384. The average molecular weight is 453 g/mol. The molecule has 3 heterocycles. The van der Waals surface area contributed by atoms with E-state index in [-0.39, 0.29) is 30.0 Å². The summed E-state index contributed by atoms with van der Waals surface area (Å²) in [6.45, 7) is 3.79. The monoisotopic (exact) mass is 453 g/mol. The number of carbonyl (C=O) groups excluding carboxylic acids is 2. The van der Waals surface area contributed by atoms with E-state index in [9.17, 15) is 19.7 Å². The van der Waals surface area contributed by atoms with E-state index < -0.39 is 11.0 Å². The number of hydrogen-bond acceptors (Lipinski definition) is 8. The number of aromatic nitrogens is 1. The van der Waals surface area contributed by atoms with Crippen LogP contribution in [0.1, 0.15) is 32.6 Å². The SMILES string of the molecule is CCCOc1ccc(N2C(=O)C[C@H](NC3CCN(c4ncccc4[N+](=O)[O-])CC3)C2=O)cc1. The first-order valence-corrected chi connectivity index (χ1v) is 11.2. The second kappa shape index (κ2) is 9.95. The Hall–Kier alpha value is -3.53. The van der Waals surface area contributed by atoms with Gasteiger partial charge in [0.15, 0.2) is 0 Å². The molecule has 2 amide bonds. The Kier molecular flexibility index (Phi) is 6.83. The standard InChI is InChI=1S/C23H27N5O5/c1-2-14-33-18-7-5-17(6-8-18)27-21(29)15-19(23(27)30)25-16-9-12-26(13-10-16)22-20(28(31)32)4-3-11-24-22/h3-8,11,16,19,25H,2,9-10,12-15H2,1H3/t19-/m0/s1. The van der Waals surface area contributed by atoms with E-state index in [1.165, 1.54) is 11.0 Å². The molecule has 2 aliphatic rings. The average Bonchev–Trinajstić information content (AvgIpc) is 3.11. The highest BCUT2D eigenvalue weighted by molar-refractivity contribution is 6.22. The first-order valence-electron chi connectivity index (χ1n) is 11.2. The van der Waals surface area contributed by atoms with Crippen molar-refractivity contribution < 1.29 is 19.2 Å². The van der Waals surface area contributed by atoms with Crippen molar-refractivity contribution in [1.29, 1.82) is 0 Å². The zero-order chi connectivity index (χ0) is 23.4. The Balaban J connectivity index is 1.35. The van der Waals surface area contributed by atoms with E-state index in [1.54, 1.807) is 36.5 Å². The molecule has 10 heteroatoms. The van der Waals surface area contributed by atoms with Gasteiger partial charge in [-0.1, -0.05) is 6.92 Å². The van der Waals surface area contributed by atoms with Crippen molar-refractivity contribution in [3.63, 3.8) is 0 Å². The largest absolute Gasteiger partial charge is 0.494 e. The predicted molar refractivity (Wildman–Crippen MR) is 122 cm³/mol. The molecule has 33 heavy (non-hydrogen) atoms. The second-order valence-corrected chi connectivity index (χ2v) is 8.20. The highest BCUT2D eigenvalue weighted by Gasteiger charge is 2.40. The molecule has 2 aromatic rings. The van der Waals surface area contributed by atoms with Crippen LogP contribution in [0.25, 0.3) is 0 Å². The predicted octanol–water partition coefficient (Wildman–Crippen LogP) is 2.67. The fourth-order valence-electron chi connectivity index (χ4n) is 4.26. The van der Waals surface area contributed by atoms with Crippen LogP contribution in [0.4, 0.5) is 17.2 Å². The van der Waals surface area contributed by atoms with Crippen molar-refractivity contribution in [2.45, 2.75) is 44.7 Å². The Morgan fingerprint density at radius 1 is 1.18 bits per heavy atom. The normalized spacial score (nSPS) is 19.2. The van der Waals surface area contributed by atoms with Crippen LogP contribution >= 0.6 is 0 Å². The molecule has 0 bridgehead atoms. The smallest absolute Gasteiger partial charge is 0.311 e. The minimum atomic E-state index is -0.575. The molecule has 1 aromatic carbocycles. The lowest BCUT2D eigenvalue weighted by Gasteiger charge is -2.33. The molecule has 1 atom stereocenters. The molecule has 2 aliphatic heterocycles. The summed E-state index contributed by atoms with van der Waals surface area (Å²) in [6.07, 6.45) is 3.94. The first kappa shape index (κ1) is 22.7. The van der Waals surface area contributed by atoms with Gasteiger partial charge in [-0.3, -0.25) is 19.7 Å². The fourth-order valence-corrected chi connectivity index (χ4v) is 4.26. The van der Waals surface area contributed by atoms with E-state index in [0.29, 0.717) is 49.8 Å². The van der Waals surface area contributed by atoms with Crippen LogP contribution in [0.5, 0.6) is 5.75 Å². The maximum absolute atomic E-state index is 13.0. The summed E-state index contributed by atoms with van der Waals surface area (Å²) in [5, 5.41) is 14.6. The molecule has 4 rings (SSSR count). The number of nitro groups is 1. The molecular formula is C23H27N5O5. The third-order valence-corrected chi connectivity index (χ3v) is 5.91. The van der Waals surface area contributed by atoms with E-state index in [0.717, 1.165) is 6.42 Å². The van der Waals surface area contributed by atoms with Crippen molar-refractivity contribution in [2.24, 2.45) is 0 Å². The maximum atomic E-state index is 13.0. The summed E-state index contributed by atoms with van der Waals surface area (Å²) in [5.41, 5.74) is 0.526. The van der Waals surface area contributed by atoms with Crippen LogP contribution in [-0.2, 0) is 9.59 Å². The van der Waals surface area contributed by atoms with E-state index in [1.807, 2.05) is 11.8 Å². The molecule has 0 radical (unpaired) electrons. The number of imide groups is 1. The third kappa shape index (κ3) is 4.95. The van der Waals surface area contributed by atoms with Gasteiger partial charge in [-0.15, -0.1) is 0 Å². The van der Waals surface area contributed by atoms with Crippen molar-refractivity contribution in [1.82, 2.24) is 10.3 Å². The van der Waals surface area contributed by atoms with Crippen LogP contribution in [-0.4, -0.2) is 53.5 Å². The van der Waals surface area contributed by atoms with Crippen LogP contribution in [0.15, 0.2) is 42.6 Å². The number of anilines is 2. The van der Waals surface area contributed by atoms with Gasteiger partial charge in [-0.2, -0.15) is 0 Å². The summed E-state index contributed by atoms with van der Waals surface area (Å²) in [4.78, 5) is 43.7. The van der Waals surface area contributed by atoms with Gasteiger partial charge in [0.2, 0.25) is 11.7 Å². The highest BCUT2D eigenvalue weighted by Crippen LogP contribution is 2.29. The van der Waals surface area contributed by atoms with Gasteiger partial charge in [-0.25, -0.2) is 9.88 Å². The Bertz CT molecular complexity index is 1020. The molecule has 174 valence electrons. The van der Waals surface area contributed by atoms with Crippen LogP contribution in [0.3, 0.4) is 0 Å². The van der Waals surface area contributed by atoms with Crippen LogP contribution < -0.4 is 19.9 Å². The highest BCUT2D eigenvalue weighted by atomic mass is 16.6. The number of pyridine rings is 1. The second-order valence-electron chi connectivity index (χ2n) is 8.20. The van der Waals surface area contributed by atoms with Gasteiger partial charge in [0, 0.05) is 31.4 Å². The molecule has 10 nitrogen and oxygen atoms in total. The summed E-state index contributed by atoms with van der Waals surface area (Å²) in [6, 6.07) is 9.44. The Morgan fingerprint density at radius 2 is 1.91 bits per heavy atom. The number of ether oxygens (including phenoxy) is 1. The van der Waals surface area contributed by atoms with Gasteiger partial charge in [0.25, 0.3) is 5.91 Å². The number of benzene rings is 1. The van der Waals surface area contributed by atoms with Crippen molar-refractivity contribution in [2.75, 3.05) is 29.5 Å². The van der Waals surface area contributed by atoms with Gasteiger partial charge >= 0.3 is 5.69 Å². The van der Waals surface area contributed by atoms with Crippen molar-refractivity contribution >= 4 is 29.0 Å². The van der Waals surface area contributed by atoms with E-state index in [2.05, 4.69) is 10.3 Å². The molecule has 0 saturated carbocycles. The first-order chi connectivity index (χ1) is 16.0. The number of hydrogen-bond donors (Lipinski definition) is 1. The topological polar surface area (TPSA) is 118 Å². The number of nitrogens with zero attached hydrogens (tertiary/aromatic N) is 4. The zero-order valence-electron chi connectivity index (χ0n) is 18.5. The minimum Gasteiger partial charge on any atom is -0.494 e. The number of rotatable bonds is 8. The maximum Gasteiger partial charge on any atom is 0.311 e. The molecule has 1 N–H and O–H groups in total. The molecule has 2 saturated heterocycles. The van der Waals surface area contributed by atoms with E-state index in [4.69, 9.17) is 4.74 Å². The summed E-state index contributed by atoms with van der Waals surface area (Å²) >= 11 is 0. The number of carbonyl (C=O) groups is 2. The molecule has 0 spiro atoms. The molecule has 0 unspecified atom stereocenters. The van der Waals surface area contributed by atoms with Crippen LogP contribution in [0, 0.1) is 10.1 Å². The Morgan fingerprint density at radius 3 is 2.58 bits per heavy atom. The van der Waals surface area contributed by atoms with Gasteiger partial charge < -0.3 is 15.0 Å². The fraction of sp³-hybridized carbons (Fsp3) is 0.435. The summed E-state index contributed by atoms with van der Waals surface area (Å²) in [7, 11) is 0. The lowest BCUT2D eigenvalue weighted by Crippen LogP contribution is -2.49.